The number of nitrogens with one attached hydrogen (secondary N) is 1. The molecule has 0 aliphatic heterocycles. The summed E-state index contributed by atoms with van der Waals surface area (Å²) in [5.74, 6) is 0. The summed E-state index contributed by atoms with van der Waals surface area (Å²) in [6.07, 6.45) is 1.52. The molecule has 7 heteroatoms. The lowest BCUT2D eigenvalue weighted by Gasteiger charge is -2.06. The second-order valence-corrected chi connectivity index (χ2v) is 5.79. The second-order valence-electron chi connectivity index (χ2n) is 3.76. The van der Waals surface area contributed by atoms with E-state index in [2.05, 4.69) is 10.5 Å². The molecule has 0 aliphatic rings. The first-order valence-electron chi connectivity index (χ1n) is 5.36. The fraction of sp³-hybridized carbons (Fsp3) is 0. The van der Waals surface area contributed by atoms with Crippen LogP contribution in [0.4, 0.5) is 5.69 Å². The SMILES string of the molecule is Clc1cc(Cl)c(N/N=C/c2cccc(Cl)c2Cl)c(Cl)c1. The predicted octanol–water partition coefficient (Wildman–Crippen LogP) is 6.40. The molecule has 0 spiro atoms. The van der Waals surface area contributed by atoms with Crippen LogP contribution in [0, 0.1) is 0 Å². The van der Waals surface area contributed by atoms with Gasteiger partial charge in [0.1, 0.15) is 0 Å². The molecule has 104 valence electrons. The van der Waals surface area contributed by atoms with E-state index in [1.807, 2.05) is 0 Å². The lowest BCUT2D eigenvalue weighted by atomic mass is 10.2. The van der Waals surface area contributed by atoms with Crippen LogP contribution in [0.2, 0.25) is 25.1 Å². The van der Waals surface area contributed by atoms with E-state index in [9.17, 15) is 0 Å². The Bertz CT molecular complexity index is 647. The molecule has 2 rings (SSSR count). The summed E-state index contributed by atoms with van der Waals surface area (Å²) < 4.78 is 0. The van der Waals surface area contributed by atoms with Crippen molar-refractivity contribution in [1.29, 1.82) is 0 Å². The van der Waals surface area contributed by atoms with Gasteiger partial charge in [0, 0.05) is 10.6 Å². The van der Waals surface area contributed by atoms with Crippen LogP contribution in [-0.4, -0.2) is 6.21 Å². The molecule has 0 bridgehead atoms. The maximum Gasteiger partial charge on any atom is 0.0935 e. The van der Waals surface area contributed by atoms with E-state index in [4.69, 9.17) is 58.0 Å². The fourth-order valence-corrected chi connectivity index (χ4v) is 2.69. The molecular formula is C13H7Cl5N2. The van der Waals surface area contributed by atoms with Gasteiger partial charge in [-0.25, -0.2) is 0 Å². The van der Waals surface area contributed by atoms with Crippen LogP contribution < -0.4 is 5.43 Å². The Morgan fingerprint density at radius 3 is 2.20 bits per heavy atom. The molecule has 0 saturated heterocycles. The fourth-order valence-electron chi connectivity index (χ4n) is 1.44. The zero-order valence-electron chi connectivity index (χ0n) is 9.80. The Hall–Kier alpha value is -0.640. The van der Waals surface area contributed by atoms with Gasteiger partial charge >= 0.3 is 0 Å². The minimum absolute atomic E-state index is 0.372. The molecule has 2 nitrogen and oxygen atoms in total. The highest BCUT2D eigenvalue weighted by Gasteiger charge is 2.07. The van der Waals surface area contributed by atoms with Gasteiger partial charge in [-0.2, -0.15) is 5.10 Å². The van der Waals surface area contributed by atoms with Crippen molar-refractivity contribution in [3.63, 3.8) is 0 Å². The Morgan fingerprint density at radius 2 is 1.55 bits per heavy atom. The van der Waals surface area contributed by atoms with E-state index in [0.717, 1.165) is 0 Å². The molecule has 0 saturated carbocycles. The quantitative estimate of drug-likeness (QED) is 0.492. The molecule has 0 aliphatic carbocycles. The smallest absolute Gasteiger partial charge is 0.0935 e. The van der Waals surface area contributed by atoms with Crippen molar-refractivity contribution in [1.82, 2.24) is 0 Å². The van der Waals surface area contributed by atoms with Gasteiger partial charge < -0.3 is 0 Å². The van der Waals surface area contributed by atoms with Crippen molar-refractivity contribution in [2.45, 2.75) is 0 Å². The third-order valence-corrected chi connectivity index (χ3v) is 4.02. The van der Waals surface area contributed by atoms with E-state index in [1.54, 1.807) is 30.3 Å². The maximum atomic E-state index is 6.04. The number of rotatable bonds is 3. The van der Waals surface area contributed by atoms with Crippen LogP contribution in [0.25, 0.3) is 0 Å². The highest BCUT2D eigenvalue weighted by Crippen LogP contribution is 2.33. The van der Waals surface area contributed by atoms with Gasteiger partial charge in [-0.15, -0.1) is 0 Å². The van der Waals surface area contributed by atoms with Crippen molar-refractivity contribution in [3.8, 4) is 0 Å². The first-order valence-corrected chi connectivity index (χ1v) is 7.25. The number of hydrazone groups is 1. The number of anilines is 1. The normalized spacial score (nSPS) is 11.1. The van der Waals surface area contributed by atoms with Crippen LogP contribution in [0.3, 0.4) is 0 Å². The Labute approximate surface area is 141 Å². The summed E-state index contributed by atoms with van der Waals surface area (Å²) in [6.45, 7) is 0. The monoisotopic (exact) mass is 366 g/mol. The minimum atomic E-state index is 0.372. The standard InChI is InChI=1S/C13H7Cl5N2/c14-8-4-10(16)13(11(17)5-8)20-19-6-7-2-1-3-9(15)12(7)18/h1-6,20H/b19-6+. The molecule has 0 aromatic heterocycles. The highest BCUT2D eigenvalue weighted by molar-refractivity contribution is 6.43. The molecule has 2 aromatic carbocycles. The summed E-state index contributed by atoms with van der Waals surface area (Å²) in [5, 5.41) is 6.11. The highest BCUT2D eigenvalue weighted by atomic mass is 35.5. The average Bonchev–Trinajstić information content (AvgIpc) is 2.37. The van der Waals surface area contributed by atoms with Gasteiger partial charge in [0.2, 0.25) is 0 Å². The summed E-state index contributed by atoms with van der Waals surface area (Å²) in [5.41, 5.74) is 3.89. The van der Waals surface area contributed by atoms with Crippen molar-refractivity contribution in [3.05, 3.63) is 61.0 Å². The Balaban J connectivity index is 2.21. The first kappa shape index (κ1) is 15.7. The lowest BCUT2D eigenvalue weighted by molar-refractivity contribution is 1.35. The maximum absolute atomic E-state index is 6.04. The summed E-state index contributed by atoms with van der Waals surface area (Å²) >= 11 is 29.8. The van der Waals surface area contributed by atoms with Crippen molar-refractivity contribution in [2.24, 2.45) is 5.10 Å². The van der Waals surface area contributed by atoms with Gasteiger partial charge in [0.15, 0.2) is 0 Å². The molecule has 0 atom stereocenters. The number of hydrogen-bond acceptors (Lipinski definition) is 2. The van der Waals surface area contributed by atoms with E-state index in [0.29, 0.717) is 36.4 Å². The predicted molar refractivity (Wildman–Crippen MR) is 89.2 cm³/mol. The molecular weight excluding hydrogens is 361 g/mol. The van der Waals surface area contributed by atoms with Crippen molar-refractivity contribution < 1.29 is 0 Å². The third kappa shape index (κ3) is 3.72. The van der Waals surface area contributed by atoms with Crippen LogP contribution in [0.15, 0.2) is 35.4 Å². The molecule has 1 N–H and O–H groups in total. The number of halogens is 5. The zero-order chi connectivity index (χ0) is 14.7. The van der Waals surface area contributed by atoms with Gasteiger partial charge in [0.25, 0.3) is 0 Å². The van der Waals surface area contributed by atoms with Gasteiger partial charge in [-0.05, 0) is 18.2 Å². The third-order valence-electron chi connectivity index (χ3n) is 2.37. The number of benzene rings is 2. The second kappa shape index (κ2) is 6.88. The minimum Gasteiger partial charge on any atom is -0.275 e. The summed E-state index contributed by atoms with van der Waals surface area (Å²) in [6, 6.07) is 8.39. The van der Waals surface area contributed by atoms with Crippen molar-refractivity contribution >= 4 is 69.9 Å². The van der Waals surface area contributed by atoms with Gasteiger partial charge in [0.05, 0.1) is 32.0 Å². The van der Waals surface area contributed by atoms with Gasteiger partial charge in [-0.3, -0.25) is 5.43 Å². The van der Waals surface area contributed by atoms with Crippen LogP contribution in [0.5, 0.6) is 0 Å². The topological polar surface area (TPSA) is 24.4 Å². The van der Waals surface area contributed by atoms with E-state index in [1.165, 1.54) is 6.21 Å². The molecule has 0 radical (unpaired) electrons. The van der Waals surface area contributed by atoms with E-state index in [-0.39, 0.29) is 0 Å². The zero-order valence-corrected chi connectivity index (χ0v) is 13.6. The van der Waals surface area contributed by atoms with E-state index >= 15 is 0 Å². The van der Waals surface area contributed by atoms with E-state index < -0.39 is 0 Å². The summed E-state index contributed by atoms with van der Waals surface area (Å²) in [7, 11) is 0. The lowest BCUT2D eigenvalue weighted by Crippen LogP contribution is -1.93. The largest absolute Gasteiger partial charge is 0.275 e. The van der Waals surface area contributed by atoms with Crippen LogP contribution in [0.1, 0.15) is 5.56 Å². The molecule has 2 aromatic rings. The first-order chi connectivity index (χ1) is 9.49. The van der Waals surface area contributed by atoms with Gasteiger partial charge in [-0.1, -0.05) is 70.1 Å². The average molecular weight is 368 g/mol. The van der Waals surface area contributed by atoms with Crippen LogP contribution >= 0.6 is 58.0 Å². The molecule has 0 unspecified atom stereocenters. The Kier molecular flexibility index (Phi) is 5.42. The number of hydrogen-bond donors (Lipinski definition) is 1. The van der Waals surface area contributed by atoms with Crippen LogP contribution in [-0.2, 0) is 0 Å². The summed E-state index contributed by atoms with van der Waals surface area (Å²) in [4.78, 5) is 0. The number of nitrogens with zero attached hydrogens (tertiary/aromatic N) is 1. The molecule has 20 heavy (non-hydrogen) atoms. The Morgan fingerprint density at radius 1 is 0.900 bits per heavy atom. The molecule has 0 fully saturated rings. The molecule has 0 amide bonds. The molecule has 0 heterocycles. The van der Waals surface area contributed by atoms with Crippen molar-refractivity contribution in [2.75, 3.05) is 5.43 Å².